The van der Waals surface area contributed by atoms with Crippen LogP contribution in [0.4, 0.5) is 5.82 Å². The summed E-state index contributed by atoms with van der Waals surface area (Å²) in [6, 6.07) is 8.10. The van der Waals surface area contributed by atoms with Crippen LogP contribution in [0.25, 0.3) is 0 Å². The third-order valence-electron chi connectivity index (χ3n) is 3.20. The van der Waals surface area contributed by atoms with Gasteiger partial charge in [-0.25, -0.2) is 0 Å². The van der Waals surface area contributed by atoms with Gasteiger partial charge in [-0.3, -0.25) is 9.59 Å². The van der Waals surface area contributed by atoms with Gasteiger partial charge in [-0.2, -0.15) is 4.98 Å². The summed E-state index contributed by atoms with van der Waals surface area (Å²) in [5.74, 6) is 0.182. The number of esters is 1. The van der Waals surface area contributed by atoms with Gasteiger partial charge < -0.3 is 20.1 Å². The van der Waals surface area contributed by atoms with Crippen molar-refractivity contribution in [2.75, 3.05) is 18.1 Å². The van der Waals surface area contributed by atoms with E-state index in [1.165, 1.54) is 6.07 Å². The lowest BCUT2D eigenvalue weighted by Crippen LogP contribution is -2.19. The summed E-state index contributed by atoms with van der Waals surface area (Å²) in [5.41, 5.74) is 6.49. The number of nitrogens with two attached hydrogens (primary N) is 1. The van der Waals surface area contributed by atoms with Crippen LogP contribution in [-0.2, 0) is 22.5 Å². The highest BCUT2D eigenvalue weighted by Gasteiger charge is 2.11. The molecule has 0 radical (unpaired) electrons. The highest BCUT2D eigenvalue weighted by atomic mass is 32.2. The van der Waals surface area contributed by atoms with Gasteiger partial charge >= 0.3 is 5.97 Å². The molecule has 2 aromatic rings. The Balaban J connectivity index is 2.13. The van der Waals surface area contributed by atoms with E-state index < -0.39 is 5.56 Å². The number of nitrogen functional groups attached to an aromatic ring is 1. The molecule has 0 aliphatic heterocycles. The molecule has 0 saturated heterocycles. The molecule has 3 N–H and O–H groups in total. The van der Waals surface area contributed by atoms with Crippen LogP contribution in [0.3, 0.4) is 0 Å². The van der Waals surface area contributed by atoms with Gasteiger partial charge in [0.05, 0.1) is 12.4 Å². The van der Waals surface area contributed by atoms with E-state index in [1.54, 1.807) is 23.6 Å². The average molecular weight is 349 g/mol. The van der Waals surface area contributed by atoms with Gasteiger partial charge in [-0.1, -0.05) is 23.9 Å². The molecular formula is C16H19N3O4S. The highest BCUT2D eigenvalue weighted by Crippen LogP contribution is 2.19. The standard InChI is InChI=1S/C16H19N3O4S/c1-2-23-15(22)10-24-16-18-14(21)9-13(17)19(16)8-7-11-3-5-12(20)6-4-11/h3-6,9,20H,2,7-8,10,17H2,1H3. The van der Waals surface area contributed by atoms with Crippen molar-refractivity contribution in [1.82, 2.24) is 9.55 Å². The summed E-state index contributed by atoms with van der Waals surface area (Å²) in [6.07, 6.45) is 0.641. The van der Waals surface area contributed by atoms with Crippen molar-refractivity contribution in [1.29, 1.82) is 0 Å². The number of benzene rings is 1. The number of rotatable bonds is 7. The first-order chi connectivity index (χ1) is 11.5. The Morgan fingerprint density at radius 1 is 1.38 bits per heavy atom. The number of phenolic OH excluding ortho intramolecular Hbond substituents is 1. The number of carbonyl (C=O) groups excluding carboxylic acids is 1. The third kappa shape index (κ3) is 5.02. The van der Waals surface area contributed by atoms with Gasteiger partial charge in [0.15, 0.2) is 5.16 Å². The van der Waals surface area contributed by atoms with Gasteiger partial charge in [0, 0.05) is 12.6 Å². The first kappa shape index (κ1) is 17.9. The first-order valence-electron chi connectivity index (χ1n) is 7.43. The lowest BCUT2D eigenvalue weighted by atomic mass is 10.1. The Kier molecular flexibility index (Phi) is 6.25. The number of aromatic nitrogens is 2. The minimum absolute atomic E-state index is 0.0585. The second kappa shape index (κ2) is 8.39. The van der Waals surface area contributed by atoms with E-state index in [4.69, 9.17) is 10.5 Å². The summed E-state index contributed by atoms with van der Waals surface area (Å²) in [5, 5.41) is 9.69. The number of aromatic hydroxyl groups is 1. The Bertz CT molecular complexity index is 759. The van der Waals surface area contributed by atoms with E-state index in [-0.39, 0.29) is 17.5 Å². The lowest BCUT2D eigenvalue weighted by molar-refractivity contribution is -0.139. The monoisotopic (exact) mass is 349 g/mol. The number of aryl methyl sites for hydroxylation is 1. The quantitative estimate of drug-likeness (QED) is 0.442. The minimum Gasteiger partial charge on any atom is -0.508 e. The van der Waals surface area contributed by atoms with Crippen molar-refractivity contribution in [2.45, 2.75) is 25.0 Å². The largest absolute Gasteiger partial charge is 0.508 e. The molecule has 0 spiro atoms. The van der Waals surface area contributed by atoms with Gasteiger partial charge in [-0.15, -0.1) is 0 Å². The molecule has 128 valence electrons. The van der Waals surface area contributed by atoms with Crippen molar-refractivity contribution < 1.29 is 14.6 Å². The minimum atomic E-state index is -0.445. The molecule has 0 saturated carbocycles. The van der Waals surface area contributed by atoms with Crippen LogP contribution in [0.15, 0.2) is 40.3 Å². The van der Waals surface area contributed by atoms with Crippen LogP contribution in [-0.4, -0.2) is 33.0 Å². The van der Waals surface area contributed by atoms with Gasteiger partial charge in [0.25, 0.3) is 5.56 Å². The molecule has 0 bridgehead atoms. The Morgan fingerprint density at radius 2 is 2.08 bits per heavy atom. The molecule has 0 aliphatic rings. The normalized spacial score (nSPS) is 10.5. The smallest absolute Gasteiger partial charge is 0.316 e. The summed E-state index contributed by atoms with van der Waals surface area (Å²) in [6.45, 7) is 2.53. The Labute approximate surface area is 143 Å². The fraction of sp³-hybridized carbons (Fsp3) is 0.312. The van der Waals surface area contributed by atoms with Crippen molar-refractivity contribution in [3.63, 3.8) is 0 Å². The van der Waals surface area contributed by atoms with Crippen LogP contribution in [0.1, 0.15) is 12.5 Å². The van der Waals surface area contributed by atoms with Gasteiger partial charge in [0.2, 0.25) is 0 Å². The molecule has 2 rings (SSSR count). The fourth-order valence-corrected chi connectivity index (χ4v) is 2.90. The number of phenols is 1. The van der Waals surface area contributed by atoms with Crippen LogP contribution >= 0.6 is 11.8 Å². The van der Waals surface area contributed by atoms with Gasteiger partial charge in [-0.05, 0) is 31.0 Å². The van der Waals surface area contributed by atoms with Gasteiger partial charge in [0.1, 0.15) is 11.6 Å². The highest BCUT2D eigenvalue weighted by molar-refractivity contribution is 7.99. The van der Waals surface area contributed by atoms with Crippen LogP contribution in [0.5, 0.6) is 5.75 Å². The number of thioether (sulfide) groups is 1. The van der Waals surface area contributed by atoms with E-state index in [0.29, 0.717) is 30.5 Å². The van der Waals surface area contributed by atoms with E-state index in [9.17, 15) is 14.7 Å². The maximum absolute atomic E-state index is 11.6. The van der Waals surface area contributed by atoms with E-state index in [0.717, 1.165) is 17.3 Å². The molecule has 0 atom stereocenters. The Hall–Kier alpha value is -2.48. The summed E-state index contributed by atoms with van der Waals surface area (Å²) < 4.78 is 6.57. The van der Waals surface area contributed by atoms with Crippen LogP contribution in [0, 0.1) is 0 Å². The number of anilines is 1. The molecule has 1 aromatic heterocycles. The molecule has 1 heterocycles. The molecule has 1 aromatic carbocycles. The molecule has 0 fully saturated rings. The van der Waals surface area contributed by atoms with Crippen LogP contribution < -0.4 is 11.3 Å². The van der Waals surface area contributed by atoms with Crippen molar-refractivity contribution in [3.8, 4) is 5.75 Å². The SMILES string of the molecule is CCOC(=O)CSc1nc(=O)cc(N)n1CCc1ccc(O)cc1. The van der Waals surface area contributed by atoms with E-state index in [1.807, 2.05) is 12.1 Å². The predicted octanol–water partition coefficient (Wildman–Crippen LogP) is 1.43. The van der Waals surface area contributed by atoms with Crippen molar-refractivity contribution in [2.24, 2.45) is 0 Å². The number of hydrogen-bond donors (Lipinski definition) is 2. The topological polar surface area (TPSA) is 107 Å². The fourth-order valence-electron chi connectivity index (χ4n) is 2.07. The number of hydrogen-bond acceptors (Lipinski definition) is 7. The molecule has 0 aliphatic carbocycles. The zero-order valence-electron chi connectivity index (χ0n) is 13.3. The zero-order chi connectivity index (χ0) is 17.5. The first-order valence-corrected chi connectivity index (χ1v) is 8.42. The molecule has 8 heteroatoms. The predicted molar refractivity (Wildman–Crippen MR) is 92.1 cm³/mol. The zero-order valence-corrected chi connectivity index (χ0v) is 14.1. The third-order valence-corrected chi connectivity index (χ3v) is 4.15. The molecule has 0 amide bonds. The van der Waals surface area contributed by atoms with E-state index >= 15 is 0 Å². The maximum Gasteiger partial charge on any atom is 0.316 e. The van der Waals surface area contributed by atoms with Crippen molar-refractivity contribution >= 4 is 23.5 Å². The molecule has 24 heavy (non-hydrogen) atoms. The van der Waals surface area contributed by atoms with Crippen molar-refractivity contribution in [3.05, 3.63) is 46.2 Å². The van der Waals surface area contributed by atoms with Crippen LogP contribution in [0.2, 0.25) is 0 Å². The summed E-state index contributed by atoms with van der Waals surface area (Å²) >= 11 is 1.12. The maximum atomic E-state index is 11.6. The Morgan fingerprint density at radius 3 is 2.75 bits per heavy atom. The molecule has 0 unspecified atom stereocenters. The number of nitrogens with zero attached hydrogens (tertiary/aromatic N) is 2. The van der Waals surface area contributed by atoms with E-state index in [2.05, 4.69) is 4.98 Å². The molecule has 7 nitrogen and oxygen atoms in total. The summed E-state index contributed by atoms with van der Waals surface area (Å²) in [7, 11) is 0. The lowest BCUT2D eigenvalue weighted by Gasteiger charge is -2.14. The number of carbonyl (C=O) groups is 1. The second-order valence-electron chi connectivity index (χ2n) is 4.96. The average Bonchev–Trinajstić information content (AvgIpc) is 2.53. The summed E-state index contributed by atoms with van der Waals surface area (Å²) in [4.78, 5) is 27.0. The molecular weight excluding hydrogens is 330 g/mol. The number of ether oxygens (including phenoxy) is 1. The second-order valence-corrected chi connectivity index (χ2v) is 5.91.